The van der Waals surface area contributed by atoms with Gasteiger partial charge < -0.3 is 34.1 Å². The van der Waals surface area contributed by atoms with Gasteiger partial charge >= 0.3 is 0 Å². The van der Waals surface area contributed by atoms with Gasteiger partial charge in [0.25, 0.3) is 5.91 Å². The summed E-state index contributed by atoms with van der Waals surface area (Å²) in [6, 6.07) is 4.01. The Morgan fingerprint density at radius 1 is 1.11 bits per heavy atom. The summed E-state index contributed by atoms with van der Waals surface area (Å²) in [6.45, 7) is 6.52. The summed E-state index contributed by atoms with van der Waals surface area (Å²) in [5.41, 5.74) is 0.826. The van der Waals surface area contributed by atoms with Crippen LogP contribution in [0.2, 0.25) is 0 Å². The fourth-order valence-corrected chi connectivity index (χ4v) is 5.06. The van der Waals surface area contributed by atoms with E-state index in [1.165, 1.54) is 0 Å². The molecule has 3 aliphatic rings. The van der Waals surface area contributed by atoms with Crippen molar-refractivity contribution >= 4 is 17.4 Å². The molecule has 1 amide bonds. The molecule has 1 unspecified atom stereocenters. The van der Waals surface area contributed by atoms with E-state index in [-0.39, 0.29) is 12.0 Å². The minimum Gasteiger partial charge on any atom is -0.493 e. The predicted octanol–water partition coefficient (Wildman–Crippen LogP) is 2.47. The summed E-state index contributed by atoms with van der Waals surface area (Å²) in [5, 5.41) is 13.3. The van der Waals surface area contributed by atoms with E-state index in [4.69, 9.17) is 23.9 Å². The van der Waals surface area contributed by atoms with Crippen molar-refractivity contribution in [2.75, 3.05) is 60.1 Å². The summed E-state index contributed by atoms with van der Waals surface area (Å²) in [5.74, 6) is 2.10. The van der Waals surface area contributed by atoms with Crippen LogP contribution in [0, 0.1) is 11.3 Å². The van der Waals surface area contributed by atoms with Crippen LogP contribution < -0.4 is 19.5 Å². The molecule has 2 saturated heterocycles. The number of ether oxygens (including phenoxy) is 4. The van der Waals surface area contributed by atoms with Gasteiger partial charge in [0.1, 0.15) is 23.6 Å². The second kappa shape index (κ2) is 12.3. The molecule has 1 atom stereocenters. The maximum absolute atomic E-state index is 12.9. The van der Waals surface area contributed by atoms with Gasteiger partial charge in [0.2, 0.25) is 5.75 Å². The van der Waals surface area contributed by atoms with Crippen LogP contribution >= 0.6 is 0 Å². The number of carbonyl (C=O) groups excluding carboxylic acids is 1. The minimum atomic E-state index is -0.414. The topological polar surface area (TPSA) is 109 Å². The number of benzene rings is 1. The van der Waals surface area contributed by atoms with E-state index >= 15 is 0 Å². The van der Waals surface area contributed by atoms with Crippen LogP contribution in [0.25, 0.3) is 0 Å². The number of methoxy groups -OCH3 is 2. The number of nitriles is 1. The van der Waals surface area contributed by atoms with Crippen molar-refractivity contribution in [1.29, 1.82) is 5.26 Å². The van der Waals surface area contributed by atoms with Gasteiger partial charge in [0.15, 0.2) is 11.5 Å². The summed E-state index contributed by atoms with van der Waals surface area (Å²) in [4.78, 5) is 21.8. The highest BCUT2D eigenvalue weighted by Gasteiger charge is 2.29. The van der Waals surface area contributed by atoms with Gasteiger partial charge in [-0.1, -0.05) is 0 Å². The molecule has 0 spiro atoms. The molecule has 1 saturated carbocycles. The number of nitrogens with zero attached hydrogens (tertiary/aromatic N) is 4. The highest BCUT2D eigenvalue weighted by Crippen LogP contribution is 2.46. The fraction of sp³-hybridized carbons (Fsp3) is 0.654. The summed E-state index contributed by atoms with van der Waals surface area (Å²) in [7, 11) is 3.11. The second-order valence-corrected chi connectivity index (χ2v) is 9.36. The zero-order valence-electron chi connectivity index (χ0n) is 21.5. The number of nitrogens with one attached hydrogen (secondary N) is 1. The number of amidine groups is 1. The highest BCUT2D eigenvalue weighted by atomic mass is 16.5. The number of aliphatic imine (C=N–C) groups is 1. The largest absolute Gasteiger partial charge is 0.493 e. The van der Waals surface area contributed by atoms with Gasteiger partial charge in [0.05, 0.1) is 32.6 Å². The predicted molar refractivity (Wildman–Crippen MR) is 135 cm³/mol. The zero-order valence-corrected chi connectivity index (χ0v) is 21.5. The summed E-state index contributed by atoms with van der Waals surface area (Å²) >= 11 is 0. The normalized spacial score (nSPS) is 21.6. The number of amides is 1. The van der Waals surface area contributed by atoms with Crippen molar-refractivity contribution in [1.82, 2.24) is 15.1 Å². The van der Waals surface area contributed by atoms with Gasteiger partial charge in [0, 0.05) is 45.3 Å². The second-order valence-electron chi connectivity index (χ2n) is 9.36. The Balaban J connectivity index is 1.54. The van der Waals surface area contributed by atoms with Crippen LogP contribution in [0.3, 0.4) is 0 Å². The molecule has 0 bridgehead atoms. The first-order chi connectivity index (χ1) is 17.5. The molecule has 10 heteroatoms. The third-order valence-corrected chi connectivity index (χ3v) is 7.05. The molecular weight excluding hydrogens is 462 g/mol. The Hall–Kier alpha value is -3.03. The SMILES string of the molecule is COc1cc(N=C(C)N2CCCN(C(=O)C3CNCCO3)CC2)c(C#N)c(OC2CCCC2)c1OC. The molecule has 0 radical (unpaired) electrons. The zero-order chi connectivity index (χ0) is 25.5. The first-order valence-electron chi connectivity index (χ1n) is 12.8. The lowest BCUT2D eigenvalue weighted by atomic mass is 10.1. The van der Waals surface area contributed by atoms with Crippen LogP contribution in [0.5, 0.6) is 17.2 Å². The Morgan fingerprint density at radius 3 is 2.53 bits per heavy atom. The molecule has 1 aliphatic carbocycles. The third-order valence-electron chi connectivity index (χ3n) is 7.05. The molecule has 1 aromatic carbocycles. The molecule has 4 rings (SSSR count). The number of rotatable bonds is 6. The van der Waals surface area contributed by atoms with Gasteiger partial charge in [-0.2, -0.15) is 5.26 Å². The van der Waals surface area contributed by atoms with E-state index < -0.39 is 6.10 Å². The lowest BCUT2D eigenvalue weighted by Gasteiger charge is -2.29. The summed E-state index contributed by atoms with van der Waals surface area (Å²) < 4.78 is 23.1. The summed E-state index contributed by atoms with van der Waals surface area (Å²) in [6.07, 6.45) is 4.59. The van der Waals surface area contributed by atoms with Crippen molar-refractivity contribution < 1.29 is 23.7 Å². The van der Waals surface area contributed by atoms with Crippen LogP contribution in [0.15, 0.2) is 11.1 Å². The maximum atomic E-state index is 12.9. The molecule has 10 nitrogen and oxygen atoms in total. The van der Waals surface area contributed by atoms with Crippen LogP contribution in [0.1, 0.15) is 44.6 Å². The molecular formula is C26H37N5O5. The lowest BCUT2D eigenvalue weighted by molar-refractivity contribution is -0.145. The molecule has 3 fully saturated rings. The Bertz CT molecular complexity index is 995. The lowest BCUT2D eigenvalue weighted by Crippen LogP contribution is -2.50. The van der Waals surface area contributed by atoms with Gasteiger partial charge in [-0.3, -0.25) is 4.79 Å². The van der Waals surface area contributed by atoms with Crippen molar-refractivity contribution in [2.24, 2.45) is 4.99 Å². The van der Waals surface area contributed by atoms with Gasteiger partial charge in [-0.25, -0.2) is 4.99 Å². The standard InChI is InChI=1S/C26H37N5O5/c1-18(30-10-6-11-31(13-12-30)26(32)23-17-28-9-14-35-23)29-21-15-22(33-2)25(34-3)24(20(21)16-27)36-19-7-4-5-8-19/h15,19,23,28H,4-14,17H2,1-3H3. The Kier molecular flexibility index (Phi) is 8.88. The Morgan fingerprint density at radius 2 is 1.86 bits per heavy atom. The van der Waals surface area contributed by atoms with Gasteiger partial charge in [-0.05, 0) is 39.0 Å². The molecule has 1 N–H and O–H groups in total. The maximum Gasteiger partial charge on any atom is 0.253 e. The molecule has 196 valence electrons. The van der Waals surface area contributed by atoms with Crippen molar-refractivity contribution in [3.05, 3.63) is 11.6 Å². The molecule has 36 heavy (non-hydrogen) atoms. The van der Waals surface area contributed by atoms with Crippen molar-refractivity contribution in [3.8, 4) is 23.3 Å². The monoisotopic (exact) mass is 499 g/mol. The highest BCUT2D eigenvalue weighted by molar-refractivity contribution is 5.85. The number of morpholine rings is 1. The molecule has 2 aliphatic heterocycles. The quantitative estimate of drug-likeness (QED) is 0.470. The number of hydrogen-bond acceptors (Lipinski definition) is 8. The Labute approximate surface area is 213 Å². The smallest absolute Gasteiger partial charge is 0.253 e. The van der Waals surface area contributed by atoms with E-state index in [2.05, 4.69) is 16.3 Å². The fourth-order valence-electron chi connectivity index (χ4n) is 5.06. The molecule has 0 aromatic heterocycles. The van der Waals surface area contributed by atoms with Crippen LogP contribution in [0.4, 0.5) is 5.69 Å². The average Bonchev–Trinajstić information content (AvgIpc) is 3.29. The first kappa shape index (κ1) is 26.0. The number of carbonyl (C=O) groups is 1. The molecule has 1 aromatic rings. The van der Waals surface area contributed by atoms with Crippen molar-refractivity contribution in [2.45, 2.75) is 51.2 Å². The van der Waals surface area contributed by atoms with E-state index in [9.17, 15) is 10.1 Å². The van der Waals surface area contributed by atoms with E-state index in [1.54, 1.807) is 20.3 Å². The van der Waals surface area contributed by atoms with E-state index in [1.807, 2.05) is 11.8 Å². The minimum absolute atomic E-state index is 0.0407. The van der Waals surface area contributed by atoms with Crippen molar-refractivity contribution in [3.63, 3.8) is 0 Å². The average molecular weight is 500 g/mol. The molecule has 2 heterocycles. The first-order valence-corrected chi connectivity index (χ1v) is 12.8. The van der Waals surface area contributed by atoms with Crippen LogP contribution in [-0.4, -0.2) is 93.8 Å². The van der Waals surface area contributed by atoms with Gasteiger partial charge in [-0.15, -0.1) is 0 Å². The third kappa shape index (κ3) is 5.85. The van der Waals surface area contributed by atoms with Crippen LogP contribution in [-0.2, 0) is 9.53 Å². The van der Waals surface area contributed by atoms with E-state index in [0.717, 1.165) is 51.0 Å². The number of hydrogen-bond donors (Lipinski definition) is 1. The van der Waals surface area contributed by atoms with E-state index in [0.29, 0.717) is 61.3 Å².